The molecule has 1 heterocycles. The summed E-state index contributed by atoms with van der Waals surface area (Å²) >= 11 is 0. The molecule has 4 nitrogen and oxygen atoms in total. The van der Waals surface area contributed by atoms with E-state index in [1.165, 1.54) is 0 Å². The summed E-state index contributed by atoms with van der Waals surface area (Å²) in [5.74, 6) is 2.29. The zero-order valence-electron chi connectivity index (χ0n) is 7.45. The lowest BCUT2D eigenvalue weighted by atomic mass is 10.5. The lowest BCUT2D eigenvalue weighted by Gasteiger charge is -2.04. The number of hydrogen-bond donors (Lipinski definition) is 0. The number of hydrogen-bond acceptors (Lipinski definition) is 4. The summed E-state index contributed by atoms with van der Waals surface area (Å²) in [6.07, 6.45) is 1.27. The van der Waals surface area contributed by atoms with Crippen LogP contribution in [0.2, 0.25) is 0 Å². The monoisotopic (exact) mass is 217 g/mol. The Morgan fingerprint density at radius 2 is 2.13 bits per heavy atom. The third-order valence-corrected chi connectivity index (χ3v) is 1.31. The minimum Gasteiger partial charge on any atom is -0.461 e. The summed E-state index contributed by atoms with van der Waals surface area (Å²) in [5.41, 5.74) is -1.16. The molecule has 0 saturated heterocycles. The standard InChI is InChI=1S/C8H6F3N3O/c1-2-3-4-15-7-12-5-6(13-14-7)8(9,10)11/h1,5H,3-4H2. The molecular formula is C8H6F3N3O. The van der Waals surface area contributed by atoms with Crippen molar-refractivity contribution in [1.82, 2.24) is 15.2 Å². The fraction of sp³-hybridized carbons (Fsp3) is 0.375. The van der Waals surface area contributed by atoms with Crippen molar-refractivity contribution in [2.24, 2.45) is 0 Å². The summed E-state index contributed by atoms with van der Waals surface area (Å²) in [4.78, 5) is 3.33. The first-order valence-corrected chi connectivity index (χ1v) is 3.87. The van der Waals surface area contributed by atoms with Crippen molar-refractivity contribution < 1.29 is 17.9 Å². The molecule has 0 spiro atoms. The van der Waals surface area contributed by atoms with Crippen LogP contribution in [0.3, 0.4) is 0 Å². The highest BCUT2D eigenvalue weighted by atomic mass is 19.4. The molecule has 1 aromatic heterocycles. The van der Waals surface area contributed by atoms with Crippen LogP contribution < -0.4 is 4.74 Å². The summed E-state index contributed by atoms with van der Waals surface area (Å²) in [6.45, 7) is 0.142. The first-order chi connectivity index (χ1) is 7.04. The van der Waals surface area contributed by atoms with Crippen molar-refractivity contribution in [2.45, 2.75) is 12.6 Å². The van der Waals surface area contributed by atoms with Crippen molar-refractivity contribution in [3.8, 4) is 18.4 Å². The number of nitrogens with zero attached hydrogens (tertiary/aromatic N) is 3. The van der Waals surface area contributed by atoms with Gasteiger partial charge < -0.3 is 4.74 Å². The molecule has 0 aliphatic carbocycles. The van der Waals surface area contributed by atoms with Crippen molar-refractivity contribution >= 4 is 0 Å². The van der Waals surface area contributed by atoms with E-state index < -0.39 is 11.9 Å². The molecule has 0 radical (unpaired) electrons. The van der Waals surface area contributed by atoms with E-state index in [-0.39, 0.29) is 12.6 Å². The maximum absolute atomic E-state index is 12.0. The lowest BCUT2D eigenvalue weighted by molar-refractivity contribution is -0.142. The summed E-state index contributed by atoms with van der Waals surface area (Å²) in [6, 6.07) is -0.224. The molecule has 80 valence electrons. The molecule has 0 fully saturated rings. The molecule has 15 heavy (non-hydrogen) atoms. The Hall–Kier alpha value is -1.84. The second-order valence-electron chi connectivity index (χ2n) is 2.43. The molecule has 0 bridgehead atoms. The van der Waals surface area contributed by atoms with Crippen molar-refractivity contribution in [1.29, 1.82) is 0 Å². The summed E-state index contributed by atoms with van der Waals surface area (Å²) in [5, 5.41) is 6.06. The van der Waals surface area contributed by atoms with Gasteiger partial charge in [-0.25, -0.2) is 4.98 Å². The van der Waals surface area contributed by atoms with Crippen LogP contribution >= 0.6 is 0 Å². The van der Waals surface area contributed by atoms with Crippen LogP contribution in [0.1, 0.15) is 12.1 Å². The van der Waals surface area contributed by atoms with E-state index in [9.17, 15) is 13.2 Å². The molecule has 0 N–H and O–H groups in total. The Balaban J connectivity index is 2.61. The van der Waals surface area contributed by atoms with E-state index in [1.807, 2.05) is 0 Å². The van der Waals surface area contributed by atoms with Crippen molar-refractivity contribution in [3.63, 3.8) is 0 Å². The van der Waals surface area contributed by atoms with Gasteiger partial charge in [0.1, 0.15) is 6.61 Å². The van der Waals surface area contributed by atoms with E-state index in [0.29, 0.717) is 12.6 Å². The highest BCUT2D eigenvalue weighted by molar-refractivity contribution is 5.01. The third-order valence-electron chi connectivity index (χ3n) is 1.31. The third kappa shape index (κ3) is 3.42. The zero-order chi connectivity index (χ0) is 11.3. The molecule has 1 rings (SSSR count). The molecule has 0 unspecified atom stereocenters. The number of ether oxygens (including phenoxy) is 1. The first-order valence-electron chi connectivity index (χ1n) is 3.87. The van der Waals surface area contributed by atoms with Gasteiger partial charge in [-0.3, -0.25) is 0 Å². The Morgan fingerprint density at radius 3 is 2.60 bits per heavy atom. The second kappa shape index (κ2) is 4.59. The predicted octanol–water partition coefficient (Wildman–Crippen LogP) is 1.29. The van der Waals surface area contributed by atoms with E-state index in [4.69, 9.17) is 11.2 Å². The zero-order valence-corrected chi connectivity index (χ0v) is 7.45. The van der Waals surface area contributed by atoms with E-state index >= 15 is 0 Å². The molecule has 0 atom stereocenters. The molecule has 0 aliphatic heterocycles. The minimum absolute atomic E-state index is 0.142. The van der Waals surface area contributed by atoms with E-state index in [1.54, 1.807) is 0 Å². The van der Waals surface area contributed by atoms with E-state index in [2.05, 4.69) is 21.1 Å². The van der Waals surface area contributed by atoms with Gasteiger partial charge in [-0.05, 0) is 0 Å². The summed E-state index contributed by atoms with van der Waals surface area (Å²) in [7, 11) is 0. The molecule has 7 heteroatoms. The lowest BCUT2D eigenvalue weighted by Crippen LogP contribution is -2.11. The number of halogens is 3. The van der Waals surface area contributed by atoms with Crippen LogP contribution in [0.5, 0.6) is 6.01 Å². The molecule has 0 amide bonds. The van der Waals surface area contributed by atoms with Gasteiger partial charge in [0.05, 0.1) is 6.20 Å². The van der Waals surface area contributed by atoms with Gasteiger partial charge in [-0.15, -0.1) is 17.4 Å². The van der Waals surface area contributed by atoms with Crippen LogP contribution in [0.25, 0.3) is 0 Å². The van der Waals surface area contributed by atoms with Crippen LogP contribution in [0, 0.1) is 12.3 Å². The second-order valence-corrected chi connectivity index (χ2v) is 2.43. The maximum Gasteiger partial charge on any atom is 0.436 e. The average Bonchev–Trinajstić information content (AvgIpc) is 2.18. The summed E-state index contributed by atoms with van der Waals surface area (Å²) < 4.78 is 40.9. The van der Waals surface area contributed by atoms with Crippen LogP contribution in [0.4, 0.5) is 13.2 Å². The van der Waals surface area contributed by atoms with Gasteiger partial charge in [0.2, 0.25) is 0 Å². The predicted molar refractivity (Wildman–Crippen MR) is 43.8 cm³/mol. The fourth-order valence-corrected chi connectivity index (χ4v) is 0.662. The maximum atomic E-state index is 12.0. The fourth-order valence-electron chi connectivity index (χ4n) is 0.662. The van der Waals surface area contributed by atoms with Gasteiger partial charge in [0, 0.05) is 6.42 Å². The highest BCUT2D eigenvalue weighted by Gasteiger charge is 2.33. The Labute approximate surface area is 83.5 Å². The number of aromatic nitrogens is 3. The van der Waals surface area contributed by atoms with Gasteiger partial charge in [0.25, 0.3) is 0 Å². The molecule has 0 aliphatic rings. The smallest absolute Gasteiger partial charge is 0.436 e. The highest BCUT2D eigenvalue weighted by Crippen LogP contribution is 2.26. The SMILES string of the molecule is C#CCCOc1ncc(C(F)(F)F)nn1. The Kier molecular flexibility index (Phi) is 3.44. The van der Waals surface area contributed by atoms with Crippen LogP contribution in [-0.4, -0.2) is 21.8 Å². The molecule has 0 saturated carbocycles. The van der Waals surface area contributed by atoms with Gasteiger partial charge >= 0.3 is 12.2 Å². The number of alkyl halides is 3. The topological polar surface area (TPSA) is 47.9 Å². The molecular weight excluding hydrogens is 211 g/mol. The van der Waals surface area contributed by atoms with Crippen molar-refractivity contribution in [3.05, 3.63) is 11.9 Å². The largest absolute Gasteiger partial charge is 0.461 e. The van der Waals surface area contributed by atoms with Crippen LogP contribution in [0.15, 0.2) is 6.20 Å². The number of rotatable bonds is 3. The average molecular weight is 217 g/mol. The quantitative estimate of drug-likeness (QED) is 0.565. The Morgan fingerprint density at radius 1 is 1.40 bits per heavy atom. The van der Waals surface area contributed by atoms with E-state index in [0.717, 1.165) is 0 Å². The number of terminal acetylenes is 1. The minimum atomic E-state index is -4.54. The molecule has 0 aromatic carbocycles. The first kappa shape index (κ1) is 11.2. The van der Waals surface area contributed by atoms with Gasteiger partial charge in [0.15, 0.2) is 5.69 Å². The normalized spacial score (nSPS) is 10.8. The van der Waals surface area contributed by atoms with Gasteiger partial charge in [-0.2, -0.15) is 13.2 Å². The molecule has 1 aromatic rings. The Bertz CT molecular complexity index is 355. The van der Waals surface area contributed by atoms with Gasteiger partial charge in [-0.1, -0.05) is 5.10 Å². The van der Waals surface area contributed by atoms with Crippen molar-refractivity contribution in [2.75, 3.05) is 6.61 Å². The van der Waals surface area contributed by atoms with Crippen LogP contribution in [-0.2, 0) is 6.18 Å².